The summed E-state index contributed by atoms with van der Waals surface area (Å²) in [5.41, 5.74) is 0.424. The van der Waals surface area contributed by atoms with Gasteiger partial charge in [-0.3, -0.25) is 9.78 Å². The molecule has 1 aromatic heterocycles. The van der Waals surface area contributed by atoms with Gasteiger partial charge in [0.2, 0.25) is 0 Å². The first-order valence-corrected chi connectivity index (χ1v) is 2.78. The third kappa shape index (κ3) is 0.621. The minimum Gasteiger partial charge on any atom is -0.267 e. The second-order valence-corrected chi connectivity index (χ2v) is 1.86. The summed E-state index contributed by atoms with van der Waals surface area (Å²) in [4.78, 5) is 21.9. The molecule has 2 rings (SSSR count). The standard InChI is InChI=1S/C6H3N3O/c10-5-3-4-6(9-5)8-2-1-7-4/h1-3H. The molecule has 1 amide bonds. The first-order chi connectivity index (χ1) is 4.86. The van der Waals surface area contributed by atoms with Gasteiger partial charge in [0.25, 0.3) is 5.91 Å². The van der Waals surface area contributed by atoms with Crippen molar-refractivity contribution in [1.29, 1.82) is 0 Å². The van der Waals surface area contributed by atoms with E-state index in [0.29, 0.717) is 10.8 Å². The van der Waals surface area contributed by atoms with Crippen LogP contribution < -0.4 is 10.8 Å². The third-order valence-electron chi connectivity index (χ3n) is 1.18. The number of amides is 1. The molecule has 4 nitrogen and oxygen atoms in total. The quantitative estimate of drug-likeness (QED) is 0.429. The van der Waals surface area contributed by atoms with E-state index in [1.165, 1.54) is 18.5 Å². The molecule has 0 atom stereocenters. The van der Waals surface area contributed by atoms with Crippen molar-refractivity contribution in [3.63, 3.8) is 0 Å². The zero-order valence-electron chi connectivity index (χ0n) is 4.98. The number of carbonyl (C=O) groups excluding carboxylic acids is 1. The Morgan fingerprint density at radius 3 is 2.80 bits per heavy atom. The number of carbonyl (C=O) groups is 1. The number of fused-ring (bicyclic) bond motifs is 1. The van der Waals surface area contributed by atoms with Gasteiger partial charge in [-0.2, -0.15) is 4.99 Å². The Morgan fingerprint density at radius 2 is 2.00 bits per heavy atom. The summed E-state index contributed by atoms with van der Waals surface area (Å²) in [5.74, 6) is -0.277. The van der Waals surface area contributed by atoms with E-state index in [9.17, 15) is 4.79 Å². The molecule has 0 saturated carbocycles. The van der Waals surface area contributed by atoms with E-state index >= 15 is 0 Å². The van der Waals surface area contributed by atoms with Gasteiger partial charge in [-0.15, -0.1) is 0 Å². The van der Waals surface area contributed by atoms with Crippen LogP contribution in [0, 0.1) is 0 Å². The normalized spacial score (nSPS) is 13.8. The fourth-order valence-electron chi connectivity index (χ4n) is 0.783. The van der Waals surface area contributed by atoms with Crippen LogP contribution in [-0.2, 0) is 4.79 Å². The maximum Gasteiger partial charge on any atom is 0.274 e. The minimum absolute atomic E-state index is 0.277. The molecule has 10 heavy (non-hydrogen) atoms. The molecule has 0 N–H and O–H groups in total. The van der Waals surface area contributed by atoms with Gasteiger partial charge in [0.15, 0.2) is 5.49 Å². The van der Waals surface area contributed by atoms with E-state index in [-0.39, 0.29) is 5.91 Å². The van der Waals surface area contributed by atoms with Gasteiger partial charge in [0, 0.05) is 18.5 Å². The number of hydrogen-bond donors (Lipinski definition) is 0. The van der Waals surface area contributed by atoms with E-state index in [0.717, 1.165) is 0 Å². The van der Waals surface area contributed by atoms with Gasteiger partial charge < -0.3 is 0 Å². The predicted molar refractivity (Wildman–Crippen MR) is 32.3 cm³/mol. The van der Waals surface area contributed by atoms with Crippen LogP contribution in [-0.4, -0.2) is 15.9 Å². The lowest BCUT2D eigenvalue weighted by atomic mass is 10.5. The average molecular weight is 133 g/mol. The second-order valence-electron chi connectivity index (χ2n) is 1.86. The first kappa shape index (κ1) is 5.22. The molecule has 1 aliphatic heterocycles. The maximum absolute atomic E-state index is 10.6. The van der Waals surface area contributed by atoms with E-state index < -0.39 is 0 Å². The molecule has 48 valence electrons. The Kier molecular flexibility index (Phi) is 0.887. The molecular formula is C6H3N3O. The van der Waals surface area contributed by atoms with Gasteiger partial charge in [-0.25, -0.2) is 4.98 Å². The van der Waals surface area contributed by atoms with Gasteiger partial charge in [-0.1, -0.05) is 0 Å². The molecule has 4 heteroatoms. The zero-order valence-corrected chi connectivity index (χ0v) is 4.98. The molecule has 0 spiro atoms. The summed E-state index contributed by atoms with van der Waals surface area (Å²) in [5, 5.41) is 0.563. The molecule has 0 bridgehead atoms. The van der Waals surface area contributed by atoms with Gasteiger partial charge in [-0.05, 0) is 0 Å². The highest BCUT2D eigenvalue weighted by molar-refractivity contribution is 6.05. The average Bonchev–Trinajstić information content (AvgIpc) is 2.27. The Bertz CT molecular complexity index is 359. The van der Waals surface area contributed by atoms with Crippen molar-refractivity contribution in [3.8, 4) is 0 Å². The number of aromatic nitrogens is 2. The predicted octanol–water partition coefficient (Wildman–Crippen LogP) is -1.58. The second kappa shape index (κ2) is 1.70. The van der Waals surface area contributed by atoms with Crippen molar-refractivity contribution >= 4 is 12.0 Å². The summed E-state index contributed by atoms with van der Waals surface area (Å²) in [6.07, 6.45) is 4.40. The van der Waals surface area contributed by atoms with Crippen LogP contribution in [0.2, 0.25) is 0 Å². The Labute approximate surface area is 56.0 Å². The van der Waals surface area contributed by atoms with Crippen molar-refractivity contribution < 1.29 is 4.79 Å². The molecule has 2 heterocycles. The summed E-state index contributed by atoms with van der Waals surface area (Å²) < 4.78 is 0. The molecule has 0 aromatic carbocycles. The SMILES string of the molecule is O=C1C=c2nccnc2=N1. The topological polar surface area (TPSA) is 55.2 Å². The van der Waals surface area contributed by atoms with Gasteiger partial charge in [0.05, 0.1) is 0 Å². The lowest BCUT2D eigenvalue weighted by Gasteiger charge is -1.76. The Hall–Kier alpha value is -1.58. The Morgan fingerprint density at radius 1 is 1.20 bits per heavy atom. The fraction of sp³-hybridized carbons (Fsp3) is 0. The minimum atomic E-state index is -0.277. The van der Waals surface area contributed by atoms with Gasteiger partial charge >= 0.3 is 0 Å². The molecule has 0 saturated heterocycles. The molecular weight excluding hydrogens is 130 g/mol. The number of rotatable bonds is 0. The highest BCUT2D eigenvalue weighted by atomic mass is 16.1. The van der Waals surface area contributed by atoms with Crippen LogP contribution in [0.1, 0.15) is 0 Å². The van der Waals surface area contributed by atoms with Crippen LogP contribution >= 0.6 is 0 Å². The van der Waals surface area contributed by atoms with Crippen molar-refractivity contribution in [1.82, 2.24) is 9.97 Å². The third-order valence-corrected chi connectivity index (χ3v) is 1.18. The highest BCUT2D eigenvalue weighted by Gasteiger charge is 2.02. The van der Waals surface area contributed by atoms with Gasteiger partial charge in [0.1, 0.15) is 5.35 Å². The van der Waals surface area contributed by atoms with Crippen LogP contribution in [0.15, 0.2) is 17.4 Å². The molecule has 1 aromatic rings. The number of nitrogens with zero attached hydrogens (tertiary/aromatic N) is 3. The molecule has 0 aliphatic carbocycles. The van der Waals surface area contributed by atoms with E-state index in [1.807, 2.05) is 0 Å². The van der Waals surface area contributed by atoms with Crippen LogP contribution in [0.25, 0.3) is 6.08 Å². The fourth-order valence-corrected chi connectivity index (χ4v) is 0.783. The largest absolute Gasteiger partial charge is 0.274 e. The van der Waals surface area contributed by atoms with Crippen molar-refractivity contribution in [2.24, 2.45) is 4.99 Å². The maximum atomic E-state index is 10.6. The van der Waals surface area contributed by atoms with Crippen LogP contribution in [0.4, 0.5) is 0 Å². The Balaban J connectivity index is 2.96. The van der Waals surface area contributed by atoms with E-state index in [4.69, 9.17) is 0 Å². The van der Waals surface area contributed by atoms with Crippen LogP contribution in [0.3, 0.4) is 0 Å². The molecule has 0 unspecified atom stereocenters. The van der Waals surface area contributed by atoms with Crippen molar-refractivity contribution in [2.75, 3.05) is 0 Å². The summed E-state index contributed by atoms with van der Waals surface area (Å²) in [6.45, 7) is 0. The number of hydrogen-bond acceptors (Lipinski definition) is 3. The molecule has 0 radical (unpaired) electrons. The molecule has 0 fully saturated rings. The highest BCUT2D eigenvalue weighted by Crippen LogP contribution is 1.76. The van der Waals surface area contributed by atoms with Crippen molar-refractivity contribution in [2.45, 2.75) is 0 Å². The monoisotopic (exact) mass is 133 g/mol. The zero-order chi connectivity index (χ0) is 6.97. The molecule has 1 aliphatic rings. The van der Waals surface area contributed by atoms with E-state index in [2.05, 4.69) is 15.0 Å². The van der Waals surface area contributed by atoms with E-state index in [1.54, 1.807) is 0 Å². The summed E-state index contributed by atoms with van der Waals surface area (Å²) in [7, 11) is 0. The first-order valence-electron chi connectivity index (χ1n) is 2.78. The lowest BCUT2D eigenvalue weighted by Crippen LogP contribution is -2.27. The lowest BCUT2D eigenvalue weighted by molar-refractivity contribution is -0.112. The smallest absolute Gasteiger partial charge is 0.267 e. The van der Waals surface area contributed by atoms with Crippen LogP contribution in [0.5, 0.6) is 0 Å². The van der Waals surface area contributed by atoms with Crippen molar-refractivity contribution in [3.05, 3.63) is 23.2 Å². The summed E-state index contributed by atoms with van der Waals surface area (Å²) >= 11 is 0. The summed E-state index contributed by atoms with van der Waals surface area (Å²) in [6, 6.07) is 0.